The van der Waals surface area contributed by atoms with Crippen molar-refractivity contribution in [1.29, 1.82) is 0 Å². The van der Waals surface area contributed by atoms with Crippen LogP contribution in [0.2, 0.25) is 0 Å². The average Bonchev–Trinajstić information content (AvgIpc) is 3.52. The monoisotopic (exact) mass is 538 g/mol. The first-order chi connectivity index (χ1) is 19.6. The maximum atomic E-state index is 4.76. The highest BCUT2D eigenvalue weighted by Crippen LogP contribution is 2.55. The summed E-state index contributed by atoms with van der Waals surface area (Å²) in [6, 6.07) is 16.1. The van der Waals surface area contributed by atoms with Crippen molar-refractivity contribution in [2.45, 2.75) is 79.1 Å². The van der Waals surface area contributed by atoms with E-state index in [1.165, 1.54) is 72.4 Å². The van der Waals surface area contributed by atoms with Gasteiger partial charge in [0.1, 0.15) is 0 Å². The minimum Gasteiger partial charge on any atom is -0.0955 e. The predicted octanol–water partition coefficient (Wildman–Crippen LogP) is 11.8. The Morgan fingerprint density at radius 1 is 0.976 bits per heavy atom. The van der Waals surface area contributed by atoms with E-state index in [-0.39, 0.29) is 5.92 Å². The third kappa shape index (κ3) is 5.62. The van der Waals surface area contributed by atoms with Crippen LogP contribution in [0.4, 0.5) is 0 Å². The minimum absolute atomic E-state index is 0.269. The van der Waals surface area contributed by atoms with Crippen LogP contribution in [0.3, 0.4) is 0 Å². The Morgan fingerprint density at radius 3 is 2.37 bits per heavy atom. The van der Waals surface area contributed by atoms with E-state index in [1.54, 1.807) is 0 Å². The quantitative estimate of drug-likeness (QED) is 0.313. The van der Waals surface area contributed by atoms with Crippen molar-refractivity contribution in [3.8, 4) is 0 Å². The van der Waals surface area contributed by atoms with Crippen LogP contribution in [0.1, 0.15) is 100.0 Å². The van der Waals surface area contributed by atoms with Crippen LogP contribution < -0.4 is 0 Å². The van der Waals surface area contributed by atoms with Crippen LogP contribution in [0.25, 0.3) is 11.1 Å². The summed E-state index contributed by atoms with van der Waals surface area (Å²) in [5.41, 5.74) is 18.7. The van der Waals surface area contributed by atoms with E-state index in [4.69, 9.17) is 6.58 Å². The second kappa shape index (κ2) is 11.7. The molecule has 0 N–H and O–H groups in total. The zero-order valence-corrected chi connectivity index (χ0v) is 26.0. The van der Waals surface area contributed by atoms with Crippen LogP contribution in [0.15, 0.2) is 126 Å². The van der Waals surface area contributed by atoms with Crippen molar-refractivity contribution in [2.24, 2.45) is 5.92 Å². The van der Waals surface area contributed by atoms with Gasteiger partial charge >= 0.3 is 0 Å². The Kier molecular flexibility index (Phi) is 8.23. The molecule has 1 saturated carbocycles. The summed E-state index contributed by atoms with van der Waals surface area (Å²) in [5, 5.41) is 0. The van der Waals surface area contributed by atoms with Crippen LogP contribution >= 0.6 is 0 Å². The van der Waals surface area contributed by atoms with Gasteiger partial charge in [-0.05, 0) is 102 Å². The molecule has 210 valence electrons. The van der Waals surface area contributed by atoms with E-state index in [2.05, 4.69) is 121 Å². The normalized spacial score (nSPS) is 21.3. The number of hydrogen-bond acceptors (Lipinski definition) is 0. The van der Waals surface area contributed by atoms with E-state index in [0.29, 0.717) is 11.8 Å². The lowest BCUT2D eigenvalue weighted by molar-refractivity contribution is 0.619. The van der Waals surface area contributed by atoms with Gasteiger partial charge in [-0.1, -0.05) is 136 Å². The fourth-order valence-electron chi connectivity index (χ4n) is 7.06. The highest BCUT2D eigenvalue weighted by Gasteiger charge is 2.41. The van der Waals surface area contributed by atoms with E-state index < -0.39 is 0 Å². The van der Waals surface area contributed by atoms with Crippen molar-refractivity contribution in [1.82, 2.24) is 0 Å². The lowest BCUT2D eigenvalue weighted by Crippen LogP contribution is -2.21. The van der Waals surface area contributed by atoms with Crippen LogP contribution in [-0.4, -0.2) is 0 Å². The molecule has 0 radical (unpaired) electrons. The van der Waals surface area contributed by atoms with Gasteiger partial charge in [0.25, 0.3) is 0 Å². The lowest BCUT2D eigenvalue weighted by atomic mass is 9.69. The van der Waals surface area contributed by atoms with Gasteiger partial charge in [-0.15, -0.1) is 0 Å². The number of hydrogen-bond donors (Lipinski definition) is 0. The summed E-state index contributed by atoms with van der Waals surface area (Å²) in [7, 11) is 0. The van der Waals surface area contributed by atoms with Gasteiger partial charge in [-0.25, -0.2) is 0 Å². The molecule has 0 bridgehead atoms. The summed E-state index contributed by atoms with van der Waals surface area (Å²) in [5.74, 6) is 1.09. The SMILES string of the molecule is C=C(CCC)C1=C(C)C=C2CC(=CC3=CC=C(c4ccc(C)cc4C(=C)C)C3)C(=C)C2C1c1ccc(C(C)C)cc1. The summed E-state index contributed by atoms with van der Waals surface area (Å²) in [6.45, 7) is 26.9. The Hall–Kier alpha value is -3.64. The smallest absolute Gasteiger partial charge is 0.0201 e. The molecule has 0 heterocycles. The molecule has 0 amide bonds. The van der Waals surface area contributed by atoms with Crippen molar-refractivity contribution in [3.05, 3.63) is 153 Å². The molecule has 2 atom stereocenters. The highest BCUT2D eigenvalue weighted by molar-refractivity contribution is 5.82. The van der Waals surface area contributed by atoms with Gasteiger partial charge in [-0.2, -0.15) is 0 Å². The summed E-state index contributed by atoms with van der Waals surface area (Å²) in [6.07, 6.45) is 13.5. The van der Waals surface area contributed by atoms with Gasteiger partial charge in [0.05, 0.1) is 0 Å². The first kappa shape index (κ1) is 28.9. The van der Waals surface area contributed by atoms with Crippen LogP contribution in [-0.2, 0) is 0 Å². The van der Waals surface area contributed by atoms with Gasteiger partial charge in [0, 0.05) is 11.8 Å². The molecule has 5 rings (SSSR count). The Bertz CT molecular complexity index is 1570. The fraction of sp³-hybridized carbons (Fsp3) is 0.317. The first-order valence-corrected chi connectivity index (χ1v) is 15.3. The Morgan fingerprint density at radius 2 is 1.71 bits per heavy atom. The van der Waals surface area contributed by atoms with Gasteiger partial charge in [0.2, 0.25) is 0 Å². The lowest BCUT2D eigenvalue weighted by Gasteiger charge is -2.34. The zero-order chi connectivity index (χ0) is 29.4. The number of fused-ring (bicyclic) bond motifs is 1. The minimum atomic E-state index is 0.269. The third-order valence-corrected chi connectivity index (χ3v) is 9.18. The summed E-state index contributed by atoms with van der Waals surface area (Å²) < 4.78 is 0. The molecule has 3 aliphatic carbocycles. The van der Waals surface area contributed by atoms with Crippen LogP contribution in [0, 0.1) is 12.8 Å². The fourth-order valence-corrected chi connectivity index (χ4v) is 7.06. The second-order valence-corrected chi connectivity index (χ2v) is 12.8. The van der Waals surface area contributed by atoms with Gasteiger partial charge in [-0.3, -0.25) is 0 Å². The molecule has 0 heteroatoms. The van der Waals surface area contributed by atoms with Crippen LogP contribution in [0.5, 0.6) is 0 Å². The topological polar surface area (TPSA) is 0 Å². The van der Waals surface area contributed by atoms with Crippen molar-refractivity contribution in [3.63, 3.8) is 0 Å². The first-order valence-electron chi connectivity index (χ1n) is 15.3. The molecule has 0 aromatic heterocycles. The highest BCUT2D eigenvalue weighted by atomic mass is 14.4. The third-order valence-electron chi connectivity index (χ3n) is 9.18. The average molecular weight is 539 g/mol. The molecular formula is C41H46. The van der Waals surface area contributed by atoms with E-state index in [0.717, 1.165) is 31.3 Å². The molecular weight excluding hydrogens is 492 g/mol. The van der Waals surface area contributed by atoms with E-state index in [1.807, 2.05) is 0 Å². The van der Waals surface area contributed by atoms with E-state index in [9.17, 15) is 0 Å². The maximum absolute atomic E-state index is 4.76. The van der Waals surface area contributed by atoms with Crippen molar-refractivity contribution < 1.29 is 0 Å². The molecule has 2 unspecified atom stereocenters. The predicted molar refractivity (Wildman–Crippen MR) is 180 cm³/mol. The molecule has 3 aliphatic rings. The Balaban J connectivity index is 1.45. The molecule has 1 fully saturated rings. The Labute approximate surface area is 249 Å². The molecule has 0 saturated heterocycles. The number of benzene rings is 2. The standard InChI is InChI=1S/C41H46/c1-10-11-28(7)39-29(8)21-36-24-35(30(9)40(36)41(39)33-17-15-32(16-18-33)25(2)3)23-31-13-14-34(22-31)37-19-12-27(6)20-38(37)26(4)5/h12-21,23,25,40-41H,4,7,9-11,22,24H2,1-3,5-6,8H3. The zero-order valence-electron chi connectivity index (χ0n) is 26.0. The number of allylic oxidation sites excluding steroid dienone is 13. The van der Waals surface area contributed by atoms with E-state index >= 15 is 0 Å². The summed E-state index contributed by atoms with van der Waals surface area (Å²) in [4.78, 5) is 0. The molecule has 41 heavy (non-hydrogen) atoms. The van der Waals surface area contributed by atoms with Crippen molar-refractivity contribution in [2.75, 3.05) is 0 Å². The van der Waals surface area contributed by atoms with Crippen molar-refractivity contribution >= 4 is 11.1 Å². The van der Waals surface area contributed by atoms with Gasteiger partial charge in [0.15, 0.2) is 0 Å². The van der Waals surface area contributed by atoms with Gasteiger partial charge < -0.3 is 0 Å². The number of aryl methyl sites for hydroxylation is 1. The maximum Gasteiger partial charge on any atom is 0.0201 e. The molecule has 0 aliphatic heterocycles. The molecule has 2 aromatic rings. The number of rotatable bonds is 8. The second-order valence-electron chi connectivity index (χ2n) is 12.8. The molecule has 2 aromatic carbocycles. The summed E-state index contributed by atoms with van der Waals surface area (Å²) >= 11 is 0. The largest absolute Gasteiger partial charge is 0.0955 e. The molecule has 0 spiro atoms. The molecule has 0 nitrogen and oxygen atoms in total.